The molecule has 22 heavy (non-hydrogen) atoms. The minimum absolute atomic E-state index is 0.118. The second-order valence-corrected chi connectivity index (χ2v) is 5.50. The lowest BCUT2D eigenvalue weighted by atomic mass is 10.0. The molecule has 2 N–H and O–H groups in total. The third-order valence-electron chi connectivity index (χ3n) is 3.91. The maximum atomic E-state index is 12.7. The van der Waals surface area contributed by atoms with Crippen molar-refractivity contribution in [1.82, 2.24) is 9.80 Å². The summed E-state index contributed by atoms with van der Waals surface area (Å²) in [5, 5.41) is 19.1. The van der Waals surface area contributed by atoms with Gasteiger partial charge in [-0.25, -0.2) is 0 Å². The van der Waals surface area contributed by atoms with Crippen LogP contribution in [-0.4, -0.2) is 65.9 Å². The van der Waals surface area contributed by atoms with Crippen LogP contribution in [0.3, 0.4) is 0 Å². The molecule has 1 aliphatic rings. The van der Waals surface area contributed by atoms with Gasteiger partial charge in [0.15, 0.2) is 0 Å². The Labute approximate surface area is 127 Å². The molecule has 0 spiro atoms. The van der Waals surface area contributed by atoms with E-state index in [1.807, 2.05) is 4.90 Å². The van der Waals surface area contributed by atoms with Crippen LogP contribution >= 0.6 is 0 Å². The number of nitrogens with zero attached hydrogens (tertiary/aromatic N) is 2. The van der Waals surface area contributed by atoms with Crippen LogP contribution in [0.25, 0.3) is 0 Å². The topological polar surface area (TPSA) is 46.9 Å². The van der Waals surface area contributed by atoms with Crippen LogP contribution in [0.4, 0.5) is 13.2 Å². The fraction of sp³-hybridized carbons (Fsp3) is 0.600. The zero-order valence-electron chi connectivity index (χ0n) is 12.3. The molecule has 0 aliphatic carbocycles. The Morgan fingerprint density at radius 1 is 1.09 bits per heavy atom. The highest BCUT2D eigenvalue weighted by Crippen LogP contribution is 2.30. The summed E-state index contributed by atoms with van der Waals surface area (Å²) >= 11 is 0. The second kappa shape index (κ2) is 7.41. The number of rotatable bonds is 5. The summed E-state index contributed by atoms with van der Waals surface area (Å²) < 4.78 is 38.1. The third kappa shape index (κ3) is 4.67. The molecule has 1 atom stereocenters. The summed E-state index contributed by atoms with van der Waals surface area (Å²) in [6.07, 6.45) is -5.34. The first kappa shape index (κ1) is 17.2. The van der Waals surface area contributed by atoms with Gasteiger partial charge in [-0.3, -0.25) is 9.80 Å². The Morgan fingerprint density at radius 2 is 1.73 bits per heavy atom. The van der Waals surface area contributed by atoms with Crippen LogP contribution in [-0.2, 0) is 6.18 Å². The second-order valence-electron chi connectivity index (χ2n) is 5.50. The number of aliphatic hydroxyl groups excluding tert-OH is 2. The molecule has 0 radical (unpaired) electrons. The predicted octanol–water partition coefficient (Wildman–Crippen LogP) is 1.35. The summed E-state index contributed by atoms with van der Waals surface area (Å²) in [6.45, 7) is 4.10. The van der Waals surface area contributed by atoms with Crippen molar-refractivity contribution < 1.29 is 23.4 Å². The summed E-state index contributed by atoms with van der Waals surface area (Å²) in [5.41, 5.74) is -0.454. The lowest BCUT2D eigenvalue weighted by Crippen LogP contribution is -2.48. The van der Waals surface area contributed by atoms with Crippen molar-refractivity contribution in [3.8, 4) is 0 Å². The highest BCUT2D eigenvalue weighted by molar-refractivity contribution is 5.27. The molecular weight excluding hydrogens is 297 g/mol. The molecule has 0 bridgehead atoms. The van der Waals surface area contributed by atoms with Gasteiger partial charge in [-0.15, -0.1) is 0 Å². The SMILES string of the molecule is OCCN1CCN(C[C@H](O)c2cccc(C(F)(F)F)c2)CC1. The molecule has 1 aliphatic heterocycles. The van der Waals surface area contributed by atoms with E-state index in [0.29, 0.717) is 13.1 Å². The van der Waals surface area contributed by atoms with Gasteiger partial charge in [-0.05, 0) is 17.7 Å². The first-order valence-electron chi connectivity index (χ1n) is 7.31. The van der Waals surface area contributed by atoms with E-state index < -0.39 is 17.8 Å². The molecule has 1 saturated heterocycles. The predicted molar refractivity (Wildman–Crippen MR) is 76.4 cm³/mol. The van der Waals surface area contributed by atoms with E-state index in [0.717, 1.165) is 38.3 Å². The lowest BCUT2D eigenvalue weighted by molar-refractivity contribution is -0.137. The van der Waals surface area contributed by atoms with E-state index >= 15 is 0 Å². The smallest absolute Gasteiger partial charge is 0.395 e. The van der Waals surface area contributed by atoms with Crippen LogP contribution in [0.15, 0.2) is 24.3 Å². The monoisotopic (exact) mass is 318 g/mol. The maximum Gasteiger partial charge on any atom is 0.416 e. The van der Waals surface area contributed by atoms with E-state index in [2.05, 4.69) is 4.90 Å². The highest BCUT2D eigenvalue weighted by Gasteiger charge is 2.31. The molecule has 0 aromatic heterocycles. The maximum absolute atomic E-state index is 12.7. The quantitative estimate of drug-likeness (QED) is 0.860. The Kier molecular flexibility index (Phi) is 5.80. The van der Waals surface area contributed by atoms with Gasteiger partial charge < -0.3 is 10.2 Å². The number of β-amino-alcohol motifs (C(OH)–C–C–N with tert-alkyl or cyclic N) is 2. The van der Waals surface area contributed by atoms with Gasteiger partial charge in [0, 0.05) is 39.3 Å². The number of halogens is 3. The number of alkyl halides is 3. The van der Waals surface area contributed by atoms with Crippen molar-refractivity contribution in [2.75, 3.05) is 45.9 Å². The van der Waals surface area contributed by atoms with E-state index in [1.165, 1.54) is 12.1 Å². The van der Waals surface area contributed by atoms with Gasteiger partial charge in [0.25, 0.3) is 0 Å². The van der Waals surface area contributed by atoms with Gasteiger partial charge in [-0.2, -0.15) is 13.2 Å². The van der Waals surface area contributed by atoms with Crippen molar-refractivity contribution in [3.05, 3.63) is 35.4 Å². The molecule has 1 aromatic carbocycles. The number of piperazine rings is 1. The number of aliphatic hydroxyl groups is 2. The Balaban J connectivity index is 1.91. The minimum atomic E-state index is -4.40. The Morgan fingerprint density at radius 3 is 2.32 bits per heavy atom. The molecule has 7 heteroatoms. The van der Waals surface area contributed by atoms with Gasteiger partial charge in [0.05, 0.1) is 18.3 Å². The van der Waals surface area contributed by atoms with E-state index in [-0.39, 0.29) is 12.2 Å². The highest BCUT2D eigenvalue weighted by atomic mass is 19.4. The average molecular weight is 318 g/mol. The third-order valence-corrected chi connectivity index (χ3v) is 3.91. The minimum Gasteiger partial charge on any atom is -0.395 e. The summed E-state index contributed by atoms with van der Waals surface area (Å²) in [7, 11) is 0. The largest absolute Gasteiger partial charge is 0.416 e. The van der Waals surface area contributed by atoms with Crippen molar-refractivity contribution >= 4 is 0 Å². The van der Waals surface area contributed by atoms with Crippen molar-refractivity contribution in [3.63, 3.8) is 0 Å². The molecule has 0 saturated carbocycles. The molecule has 1 heterocycles. The molecule has 1 fully saturated rings. The summed E-state index contributed by atoms with van der Waals surface area (Å²) in [5.74, 6) is 0. The number of benzene rings is 1. The van der Waals surface area contributed by atoms with Gasteiger partial charge in [-0.1, -0.05) is 12.1 Å². The van der Waals surface area contributed by atoms with Gasteiger partial charge in [0.1, 0.15) is 0 Å². The molecule has 124 valence electrons. The fourth-order valence-corrected chi connectivity index (χ4v) is 2.61. The Hall–Kier alpha value is -1.15. The number of hydrogen-bond acceptors (Lipinski definition) is 4. The zero-order chi connectivity index (χ0) is 16.2. The van der Waals surface area contributed by atoms with Crippen LogP contribution in [0.1, 0.15) is 17.2 Å². The van der Waals surface area contributed by atoms with Crippen molar-refractivity contribution in [2.45, 2.75) is 12.3 Å². The molecule has 2 rings (SSSR count). The zero-order valence-corrected chi connectivity index (χ0v) is 12.3. The van der Waals surface area contributed by atoms with Gasteiger partial charge in [0.2, 0.25) is 0 Å². The Bertz CT molecular complexity index is 474. The van der Waals surface area contributed by atoms with E-state index in [1.54, 1.807) is 0 Å². The van der Waals surface area contributed by atoms with Crippen molar-refractivity contribution in [2.24, 2.45) is 0 Å². The average Bonchev–Trinajstić information content (AvgIpc) is 2.49. The summed E-state index contributed by atoms with van der Waals surface area (Å²) in [6, 6.07) is 4.85. The van der Waals surface area contributed by atoms with Crippen LogP contribution in [0.2, 0.25) is 0 Å². The molecule has 0 unspecified atom stereocenters. The van der Waals surface area contributed by atoms with Crippen LogP contribution < -0.4 is 0 Å². The molecule has 1 aromatic rings. The molecule has 0 amide bonds. The van der Waals surface area contributed by atoms with Crippen LogP contribution in [0.5, 0.6) is 0 Å². The van der Waals surface area contributed by atoms with Crippen molar-refractivity contribution in [1.29, 1.82) is 0 Å². The number of hydrogen-bond donors (Lipinski definition) is 2. The van der Waals surface area contributed by atoms with E-state index in [9.17, 15) is 18.3 Å². The van der Waals surface area contributed by atoms with Gasteiger partial charge >= 0.3 is 6.18 Å². The first-order chi connectivity index (χ1) is 10.4. The normalized spacial score (nSPS) is 19.3. The molecule has 4 nitrogen and oxygen atoms in total. The first-order valence-corrected chi connectivity index (χ1v) is 7.31. The lowest BCUT2D eigenvalue weighted by Gasteiger charge is -2.35. The molecular formula is C15H21F3N2O2. The van der Waals surface area contributed by atoms with E-state index in [4.69, 9.17) is 5.11 Å². The van der Waals surface area contributed by atoms with Crippen LogP contribution in [0, 0.1) is 0 Å². The summed E-state index contributed by atoms with van der Waals surface area (Å²) in [4.78, 5) is 4.14. The standard InChI is InChI=1S/C15H21F3N2O2/c16-15(17,18)13-3-1-2-12(10-13)14(22)11-20-6-4-19(5-7-20)8-9-21/h1-3,10,14,21-22H,4-9,11H2/t14-/m0/s1. The fourth-order valence-electron chi connectivity index (χ4n) is 2.61.